The predicted molar refractivity (Wildman–Crippen MR) is 252 cm³/mol. The van der Waals surface area contributed by atoms with Crippen molar-refractivity contribution >= 4 is 32.7 Å². The zero-order valence-corrected chi connectivity index (χ0v) is 33.0. The van der Waals surface area contributed by atoms with Crippen molar-refractivity contribution in [3.8, 4) is 55.6 Å². The Bertz CT molecular complexity index is 3260. The first-order chi connectivity index (χ1) is 29.7. The maximum Gasteiger partial charge on any atom is 0.143 e. The lowest BCUT2D eigenvalue weighted by Crippen LogP contribution is -2.04. The van der Waals surface area contributed by atoms with Crippen molar-refractivity contribution in [3.05, 3.63) is 253 Å². The molecular weight excluding hydrogens is 725 g/mol. The van der Waals surface area contributed by atoms with E-state index >= 15 is 0 Å². The topological polar surface area (TPSA) is 13.1 Å². The average molecular weight is 765 g/mol. The molecule has 1 unspecified atom stereocenters. The molecule has 1 heteroatoms. The molecule has 282 valence electrons. The van der Waals surface area contributed by atoms with Crippen LogP contribution < -0.4 is 0 Å². The molecule has 1 aromatic heterocycles. The molecule has 11 rings (SSSR count). The van der Waals surface area contributed by atoms with E-state index in [9.17, 15) is 0 Å². The first-order valence-electron chi connectivity index (χ1n) is 20.7. The summed E-state index contributed by atoms with van der Waals surface area (Å²) in [4.78, 5) is 0. The van der Waals surface area contributed by atoms with Crippen molar-refractivity contribution in [2.45, 2.75) is 5.92 Å². The molecular formula is C59H40O. The summed E-state index contributed by atoms with van der Waals surface area (Å²) in [6.45, 7) is 0. The van der Waals surface area contributed by atoms with Gasteiger partial charge in [-0.2, -0.15) is 0 Å². The Morgan fingerprint density at radius 1 is 0.267 bits per heavy atom. The molecule has 0 aliphatic carbocycles. The Balaban J connectivity index is 0.949. The maximum absolute atomic E-state index is 6.38. The molecule has 0 fully saturated rings. The maximum atomic E-state index is 6.38. The summed E-state index contributed by atoms with van der Waals surface area (Å²) in [5.41, 5.74) is 17.5. The Hall–Kier alpha value is -7.74. The molecule has 11 aromatic rings. The van der Waals surface area contributed by atoms with Gasteiger partial charge in [-0.05, 0) is 83.6 Å². The molecule has 0 spiro atoms. The van der Waals surface area contributed by atoms with Crippen LogP contribution in [0.5, 0.6) is 0 Å². The van der Waals surface area contributed by atoms with E-state index in [2.05, 4.69) is 224 Å². The quantitative estimate of drug-likeness (QED) is 0.140. The smallest absolute Gasteiger partial charge is 0.143 e. The SMILES string of the molecule is c1ccc(-c2ccc(-c3ccc(C(c4ccc(-c5cccc6ccccc56)cc4)c4cccc(-c5ccc(-c6cccc7c6oc6ccccc67)cc5)c4)cc3)cc2)cc1. The second kappa shape index (κ2) is 15.2. The zero-order chi connectivity index (χ0) is 39.8. The monoisotopic (exact) mass is 764 g/mol. The molecule has 1 heterocycles. The largest absolute Gasteiger partial charge is 0.455 e. The molecule has 0 amide bonds. The van der Waals surface area contributed by atoms with Gasteiger partial charge in [0.1, 0.15) is 11.2 Å². The van der Waals surface area contributed by atoms with Crippen LogP contribution in [0.4, 0.5) is 0 Å². The zero-order valence-electron chi connectivity index (χ0n) is 33.0. The van der Waals surface area contributed by atoms with Gasteiger partial charge in [0.15, 0.2) is 0 Å². The van der Waals surface area contributed by atoms with E-state index in [4.69, 9.17) is 4.42 Å². The second-order valence-electron chi connectivity index (χ2n) is 15.6. The third-order valence-electron chi connectivity index (χ3n) is 12.1. The van der Waals surface area contributed by atoms with Gasteiger partial charge in [0, 0.05) is 22.3 Å². The van der Waals surface area contributed by atoms with E-state index in [0.29, 0.717) is 0 Å². The average Bonchev–Trinajstić information content (AvgIpc) is 3.72. The Labute approximate surface area is 350 Å². The van der Waals surface area contributed by atoms with Crippen molar-refractivity contribution in [1.29, 1.82) is 0 Å². The van der Waals surface area contributed by atoms with Crippen molar-refractivity contribution in [1.82, 2.24) is 0 Å². The molecule has 0 radical (unpaired) electrons. The Morgan fingerprint density at radius 2 is 0.717 bits per heavy atom. The number of benzene rings is 10. The standard InChI is InChI=1S/C59H40O/c1-2-11-40(12-3-1)41-23-25-42(26-24-41)43-29-35-48(36-30-43)58(49-37-33-46(34-38-49)53-19-9-14-45-13-4-5-17-52(45)53)51-16-8-15-50(39-51)44-27-31-47(32-28-44)54-20-10-21-56-55-18-6-7-22-57(55)60-59(54)56/h1-39,58H. The molecule has 10 aromatic carbocycles. The van der Waals surface area contributed by atoms with Crippen molar-refractivity contribution < 1.29 is 4.42 Å². The normalized spacial score (nSPS) is 11.9. The molecule has 60 heavy (non-hydrogen) atoms. The summed E-state index contributed by atoms with van der Waals surface area (Å²) in [6, 6.07) is 85.7. The highest BCUT2D eigenvalue weighted by Gasteiger charge is 2.19. The first kappa shape index (κ1) is 35.4. The molecule has 0 bridgehead atoms. The van der Waals surface area contributed by atoms with Crippen LogP contribution in [-0.2, 0) is 0 Å². The van der Waals surface area contributed by atoms with Crippen molar-refractivity contribution in [2.75, 3.05) is 0 Å². The lowest BCUT2D eigenvalue weighted by Gasteiger charge is -2.21. The van der Waals surface area contributed by atoms with Gasteiger partial charge in [-0.3, -0.25) is 0 Å². The third-order valence-corrected chi connectivity index (χ3v) is 12.1. The summed E-state index contributed by atoms with van der Waals surface area (Å²) in [7, 11) is 0. The Morgan fingerprint density at radius 3 is 1.43 bits per heavy atom. The summed E-state index contributed by atoms with van der Waals surface area (Å²) in [6.07, 6.45) is 0. The highest BCUT2D eigenvalue weighted by molar-refractivity contribution is 6.09. The van der Waals surface area contributed by atoms with Crippen LogP contribution in [0.15, 0.2) is 241 Å². The lowest BCUT2D eigenvalue weighted by atomic mass is 9.83. The van der Waals surface area contributed by atoms with E-state index in [0.717, 1.165) is 33.1 Å². The molecule has 0 N–H and O–H groups in total. The molecule has 0 saturated carbocycles. The minimum absolute atomic E-state index is 0.0333. The van der Waals surface area contributed by atoms with Crippen LogP contribution in [0, 0.1) is 0 Å². The number of para-hydroxylation sites is 2. The van der Waals surface area contributed by atoms with Crippen LogP contribution in [0.2, 0.25) is 0 Å². The second-order valence-corrected chi connectivity index (χ2v) is 15.6. The van der Waals surface area contributed by atoms with E-state index in [1.165, 1.54) is 72.0 Å². The fraction of sp³-hybridized carbons (Fsp3) is 0.0169. The number of furan rings is 1. The van der Waals surface area contributed by atoms with Crippen LogP contribution in [0.1, 0.15) is 22.6 Å². The molecule has 1 atom stereocenters. The van der Waals surface area contributed by atoms with E-state index in [-0.39, 0.29) is 5.92 Å². The summed E-state index contributed by atoms with van der Waals surface area (Å²) < 4.78 is 6.38. The van der Waals surface area contributed by atoms with Crippen LogP contribution in [0.25, 0.3) is 88.3 Å². The van der Waals surface area contributed by atoms with Crippen LogP contribution in [0.3, 0.4) is 0 Å². The molecule has 0 aliphatic rings. The summed E-state index contributed by atoms with van der Waals surface area (Å²) >= 11 is 0. The van der Waals surface area contributed by atoms with Gasteiger partial charge >= 0.3 is 0 Å². The van der Waals surface area contributed by atoms with Gasteiger partial charge in [0.05, 0.1) is 0 Å². The van der Waals surface area contributed by atoms with Gasteiger partial charge in [0.2, 0.25) is 0 Å². The van der Waals surface area contributed by atoms with Gasteiger partial charge < -0.3 is 4.42 Å². The van der Waals surface area contributed by atoms with Gasteiger partial charge in [0.25, 0.3) is 0 Å². The number of rotatable bonds is 8. The third kappa shape index (κ3) is 6.57. The van der Waals surface area contributed by atoms with E-state index in [1.807, 2.05) is 12.1 Å². The highest BCUT2D eigenvalue weighted by Crippen LogP contribution is 2.39. The van der Waals surface area contributed by atoms with Gasteiger partial charge in [-0.1, -0.05) is 231 Å². The van der Waals surface area contributed by atoms with Crippen LogP contribution >= 0.6 is 0 Å². The fourth-order valence-electron chi connectivity index (χ4n) is 8.98. The van der Waals surface area contributed by atoms with Crippen molar-refractivity contribution in [3.63, 3.8) is 0 Å². The number of hydrogen-bond acceptors (Lipinski definition) is 1. The minimum Gasteiger partial charge on any atom is -0.455 e. The van der Waals surface area contributed by atoms with E-state index < -0.39 is 0 Å². The lowest BCUT2D eigenvalue weighted by molar-refractivity contribution is 0.670. The molecule has 0 aliphatic heterocycles. The van der Waals surface area contributed by atoms with E-state index in [1.54, 1.807) is 0 Å². The first-order valence-corrected chi connectivity index (χ1v) is 20.7. The Kier molecular flexibility index (Phi) is 8.98. The highest BCUT2D eigenvalue weighted by atomic mass is 16.3. The van der Waals surface area contributed by atoms with Gasteiger partial charge in [-0.15, -0.1) is 0 Å². The summed E-state index contributed by atoms with van der Waals surface area (Å²) in [5, 5.41) is 4.81. The number of fused-ring (bicyclic) bond motifs is 4. The predicted octanol–water partition coefficient (Wildman–Crippen LogP) is 16.3. The summed E-state index contributed by atoms with van der Waals surface area (Å²) in [5.74, 6) is 0.0333. The molecule has 1 nitrogen and oxygen atoms in total. The molecule has 0 saturated heterocycles. The minimum atomic E-state index is 0.0333. The van der Waals surface area contributed by atoms with Crippen molar-refractivity contribution in [2.24, 2.45) is 0 Å². The van der Waals surface area contributed by atoms with Gasteiger partial charge in [-0.25, -0.2) is 0 Å². The fourth-order valence-corrected chi connectivity index (χ4v) is 8.98. The number of hydrogen-bond donors (Lipinski definition) is 0. The van der Waals surface area contributed by atoms with Crippen LogP contribution in [-0.4, -0.2) is 0 Å².